The first kappa shape index (κ1) is 11.8. The van der Waals surface area contributed by atoms with Gasteiger partial charge in [0.25, 0.3) is 0 Å². The molecule has 0 aliphatic carbocycles. The normalized spacial score (nSPS) is 10.9. The molecule has 0 amide bonds. The summed E-state index contributed by atoms with van der Waals surface area (Å²) in [5.41, 5.74) is 6.67. The molecule has 0 unspecified atom stereocenters. The Morgan fingerprint density at radius 1 is 1.18 bits per heavy atom. The highest BCUT2D eigenvalue weighted by Crippen LogP contribution is 2.08. The molecule has 17 heavy (non-hydrogen) atoms. The molecule has 0 spiro atoms. The summed E-state index contributed by atoms with van der Waals surface area (Å²) in [6.07, 6.45) is 3.50. The summed E-state index contributed by atoms with van der Waals surface area (Å²) in [6, 6.07) is 9.81. The zero-order valence-electron chi connectivity index (χ0n) is 9.75. The van der Waals surface area contributed by atoms with Crippen molar-refractivity contribution in [3.8, 4) is 0 Å². The second-order valence-electron chi connectivity index (χ2n) is 3.90. The molecule has 0 fully saturated rings. The smallest absolute Gasteiger partial charge is 0.117 e. The Labute approximate surface area is 101 Å². The highest BCUT2D eigenvalue weighted by molar-refractivity contribution is 5.04. The molecule has 90 valence electrons. The predicted molar refractivity (Wildman–Crippen MR) is 66.1 cm³/mol. The Morgan fingerprint density at radius 3 is 2.76 bits per heavy atom. The van der Waals surface area contributed by atoms with E-state index >= 15 is 0 Å². The number of nitrogens with zero attached hydrogens (tertiary/aromatic N) is 2. The van der Waals surface area contributed by atoms with Crippen LogP contribution in [0.4, 0.5) is 0 Å². The second-order valence-corrected chi connectivity index (χ2v) is 3.90. The van der Waals surface area contributed by atoms with Crippen LogP contribution in [0.2, 0.25) is 0 Å². The van der Waals surface area contributed by atoms with E-state index in [4.69, 9.17) is 10.2 Å². The minimum atomic E-state index is 0.632. The molecule has 4 nitrogen and oxygen atoms in total. The van der Waals surface area contributed by atoms with E-state index in [9.17, 15) is 0 Å². The van der Waals surface area contributed by atoms with Gasteiger partial charge in [-0.2, -0.15) is 0 Å². The maximum Gasteiger partial charge on any atom is 0.117 e. The minimum Gasteiger partial charge on any atom is -0.468 e. The number of pyridine rings is 1. The first-order chi connectivity index (χ1) is 8.38. The minimum absolute atomic E-state index is 0.632. The number of rotatable bonds is 6. The van der Waals surface area contributed by atoms with Crippen molar-refractivity contribution in [3.05, 3.63) is 54.2 Å². The van der Waals surface area contributed by atoms with Crippen LogP contribution < -0.4 is 5.73 Å². The number of hydrogen-bond acceptors (Lipinski definition) is 4. The summed E-state index contributed by atoms with van der Waals surface area (Å²) in [6.45, 7) is 3.02. The van der Waals surface area contributed by atoms with E-state index in [1.165, 1.54) is 0 Å². The fourth-order valence-corrected chi connectivity index (χ4v) is 1.74. The van der Waals surface area contributed by atoms with Gasteiger partial charge < -0.3 is 10.2 Å². The van der Waals surface area contributed by atoms with Gasteiger partial charge >= 0.3 is 0 Å². The lowest BCUT2D eigenvalue weighted by Crippen LogP contribution is -2.28. The van der Waals surface area contributed by atoms with Crippen LogP contribution in [-0.4, -0.2) is 23.0 Å². The summed E-state index contributed by atoms with van der Waals surface area (Å²) in [7, 11) is 0. The molecule has 0 aliphatic heterocycles. The highest BCUT2D eigenvalue weighted by Gasteiger charge is 2.08. The first-order valence-electron chi connectivity index (χ1n) is 5.73. The van der Waals surface area contributed by atoms with Crippen molar-refractivity contribution in [3.63, 3.8) is 0 Å². The first-order valence-corrected chi connectivity index (χ1v) is 5.73. The van der Waals surface area contributed by atoms with Crippen molar-refractivity contribution in [2.75, 3.05) is 13.1 Å². The Hall–Kier alpha value is -1.65. The monoisotopic (exact) mass is 231 g/mol. The molecule has 2 N–H and O–H groups in total. The maximum atomic E-state index is 5.62. The molecule has 0 bridgehead atoms. The summed E-state index contributed by atoms with van der Waals surface area (Å²) in [5.74, 6) is 0.953. The van der Waals surface area contributed by atoms with E-state index in [-0.39, 0.29) is 0 Å². The molecule has 0 aliphatic rings. The van der Waals surface area contributed by atoms with Crippen LogP contribution in [0, 0.1) is 0 Å². The van der Waals surface area contributed by atoms with Crippen LogP contribution in [0.3, 0.4) is 0 Å². The highest BCUT2D eigenvalue weighted by atomic mass is 16.3. The summed E-state index contributed by atoms with van der Waals surface area (Å²) in [5, 5.41) is 0. The van der Waals surface area contributed by atoms with Crippen molar-refractivity contribution in [1.29, 1.82) is 0 Å². The van der Waals surface area contributed by atoms with Gasteiger partial charge in [-0.3, -0.25) is 9.88 Å². The van der Waals surface area contributed by atoms with Crippen molar-refractivity contribution < 1.29 is 4.42 Å². The van der Waals surface area contributed by atoms with Crippen LogP contribution in [0.5, 0.6) is 0 Å². The fraction of sp³-hybridized carbons (Fsp3) is 0.308. The number of furan rings is 1. The predicted octanol–water partition coefficient (Wildman–Crippen LogP) is 1.64. The molecule has 2 aromatic rings. The molecule has 2 aromatic heterocycles. The van der Waals surface area contributed by atoms with Crippen molar-refractivity contribution in [1.82, 2.24) is 9.88 Å². The number of nitrogens with two attached hydrogens (primary N) is 1. The third-order valence-corrected chi connectivity index (χ3v) is 2.52. The standard InChI is InChI=1S/C13H17N3O/c14-6-8-16(11-13-5-3-9-17-13)10-12-4-1-2-7-15-12/h1-5,7,9H,6,8,10-11,14H2. The Balaban J connectivity index is 1.97. The molecule has 2 heterocycles. The average molecular weight is 231 g/mol. The van der Waals surface area contributed by atoms with Crippen LogP contribution in [0.1, 0.15) is 11.5 Å². The van der Waals surface area contributed by atoms with Crippen LogP contribution >= 0.6 is 0 Å². The van der Waals surface area contributed by atoms with E-state index in [0.29, 0.717) is 6.54 Å². The third-order valence-electron chi connectivity index (χ3n) is 2.52. The van der Waals surface area contributed by atoms with E-state index in [0.717, 1.165) is 31.1 Å². The molecule has 4 heteroatoms. The summed E-state index contributed by atoms with van der Waals surface area (Å²) in [4.78, 5) is 6.54. The van der Waals surface area contributed by atoms with Crippen molar-refractivity contribution in [2.45, 2.75) is 13.1 Å². The Kier molecular flexibility index (Phi) is 4.30. The molecule has 0 saturated heterocycles. The van der Waals surface area contributed by atoms with E-state index in [1.54, 1.807) is 6.26 Å². The topological polar surface area (TPSA) is 55.3 Å². The SMILES string of the molecule is NCCN(Cc1ccccn1)Cc1ccco1. The van der Waals surface area contributed by atoms with Crippen LogP contribution in [-0.2, 0) is 13.1 Å². The summed E-state index contributed by atoms with van der Waals surface area (Å²) < 4.78 is 5.35. The lowest BCUT2D eigenvalue weighted by Gasteiger charge is -2.19. The van der Waals surface area contributed by atoms with Gasteiger partial charge in [-0.05, 0) is 24.3 Å². The number of aromatic nitrogens is 1. The molecule has 0 radical (unpaired) electrons. The molecule has 0 saturated carbocycles. The molecule has 2 rings (SSSR count). The van der Waals surface area contributed by atoms with Gasteiger partial charge in [-0.15, -0.1) is 0 Å². The van der Waals surface area contributed by atoms with Gasteiger partial charge in [0, 0.05) is 25.8 Å². The Morgan fingerprint density at radius 2 is 2.12 bits per heavy atom. The van der Waals surface area contributed by atoms with Gasteiger partial charge in [0.05, 0.1) is 18.5 Å². The second kappa shape index (κ2) is 6.18. The third kappa shape index (κ3) is 3.69. The molecular formula is C13H17N3O. The van der Waals surface area contributed by atoms with Crippen molar-refractivity contribution >= 4 is 0 Å². The average Bonchev–Trinajstić information content (AvgIpc) is 2.83. The molecule has 0 atom stereocenters. The molecular weight excluding hydrogens is 214 g/mol. The summed E-state index contributed by atoms with van der Waals surface area (Å²) >= 11 is 0. The lowest BCUT2D eigenvalue weighted by molar-refractivity contribution is 0.239. The van der Waals surface area contributed by atoms with Gasteiger partial charge in [-0.1, -0.05) is 6.07 Å². The number of hydrogen-bond donors (Lipinski definition) is 1. The van der Waals surface area contributed by atoms with Crippen LogP contribution in [0.15, 0.2) is 47.2 Å². The van der Waals surface area contributed by atoms with Gasteiger partial charge in [0.2, 0.25) is 0 Å². The fourth-order valence-electron chi connectivity index (χ4n) is 1.74. The Bertz CT molecular complexity index is 413. The van der Waals surface area contributed by atoms with Gasteiger partial charge in [-0.25, -0.2) is 0 Å². The zero-order valence-corrected chi connectivity index (χ0v) is 9.75. The zero-order chi connectivity index (χ0) is 11.9. The lowest BCUT2D eigenvalue weighted by atomic mass is 10.3. The quantitative estimate of drug-likeness (QED) is 0.821. The van der Waals surface area contributed by atoms with E-state index in [2.05, 4.69) is 9.88 Å². The maximum absolute atomic E-state index is 5.62. The molecule has 0 aromatic carbocycles. The largest absolute Gasteiger partial charge is 0.468 e. The van der Waals surface area contributed by atoms with Crippen molar-refractivity contribution in [2.24, 2.45) is 5.73 Å². The van der Waals surface area contributed by atoms with Gasteiger partial charge in [0.1, 0.15) is 5.76 Å². The van der Waals surface area contributed by atoms with Crippen LogP contribution in [0.25, 0.3) is 0 Å². The van der Waals surface area contributed by atoms with E-state index < -0.39 is 0 Å². The van der Waals surface area contributed by atoms with E-state index in [1.807, 2.05) is 36.5 Å². The van der Waals surface area contributed by atoms with Gasteiger partial charge in [0.15, 0.2) is 0 Å².